The van der Waals surface area contributed by atoms with Crippen molar-refractivity contribution in [3.63, 3.8) is 0 Å². The molecule has 2 heterocycles. The highest BCUT2D eigenvalue weighted by Crippen LogP contribution is 2.32. The molecular formula is C22H33N3O2. The third-order valence-corrected chi connectivity index (χ3v) is 6.82. The molecule has 0 spiro atoms. The Balaban J connectivity index is 1.47. The molecule has 1 N–H and O–H groups in total. The van der Waals surface area contributed by atoms with E-state index in [-0.39, 0.29) is 18.1 Å². The zero-order valence-corrected chi connectivity index (χ0v) is 16.5. The van der Waals surface area contributed by atoms with E-state index < -0.39 is 0 Å². The lowest BCUT2D eigenvalue weighted by Gasteiger charge is -2.56. The standard InChI is InChI=1S/C22H33N3O2/c1-22(17-26)16-23(13-18-7-3-2-4-8-18)14-20-15-24(11-12-25(20)22)21(27)19-9-5-6-10-19/h2-4,7-8,19-20,26H,5-6,9-17H2,1H3. The number of fused-ring (bicyclic) bond motifs is 1. The van der Waals surface area contributed by atoms with Gasteiger partial charge < -0.3 is 10.0 Å². The highest BCUT2D eigenvalue weighted by Gasteiger charge is 2.46. The van der Waals surface area contributed by atoms with Crippen molar-refractivity contribution in [3.05, 3.63) is 35.9 Å². The molecule has 27 heavy (non-hydrogen) atoms. The summed E-state index contributed by atoms with van der Waals surface area (Å²) in [6.45, 7) is 7.54. The van der Waals surface area contributed by atoms with Gasteiger partial charge in [-0.15, -0.1) is 0 Å². The maximum Gasteiger partial charge on any atom is 0.225 e. The quantitative estimate of drug-likeness (QED) is 0.879. The molecule has 3 aliphatic rings. The van der Waals surface area contributed by atoms with Gasteiger partial charge in [0, 0.05) is 51.2 Å². The molecule has 0 aromatic heterocycles. The van der Waals surface area contributed by atoms with Gasteiger partial charge in [-0.05, 0) is 25.3 Å². The van der Waals surface area contributed by atoms with Gasteiger partial charge in [0.15, 0.2) is 0 Å². The molecule has 0 bridgehead atoms. The fourth-order valence-corrected chi connectivity index (χ4v) is 5.39. The van der Waals surface area contributed by atoms with Crippen LogP contribution in [0.4, 0.5) is 0 Å². The first kappa shape index (κ1) is 18.9. The monoisotopic (exact) mass is 371 g/mol. The Morgan fingerprint density at radius 3 is 2.59 bits per heavy atom. The summed E-state index contributed by atoms with van der Waals surface area (Å²) in [4.78, 5) is 20.0. The maximum atomic E-state index is 12.9. The number of benzene rings is 1. The van der Waals surface area contributed by atoms with E-state index in [0.717, 1.165) is 52.1 Å². The summed E-state index contributed by atoms with van der Waals surface area (Å²) in [5, 5.41) is 10.2. The summed E-state index contributed by atoms with van der Waals surface area (Å²) in [6.07, 6.45) is 4.54. The zero-order chi connectivity index (χ0) is 18.9. The van der Waals surface area contributed by atoms with Gasteiger partial charge in [-0.2, -0.15) is 0 Å². The number of carbonyl (C=O) groups excluding carboxylic acids is 1. The third-order valence-electron chi connectivity index (χ3n) is 6.82. The molecule has 1 saturated carbocycles. The fraction of sp³-hybridized carbons (Fsp3) is 0.682. The highest BCUT2D eigenvalue weighted by molar-refractivity contribution is 5.79. The lowest BCUT2D eigenvalue weighted by Crippen LogP contribution is -2.72. The molecular weight excluding hydrogens is 338 g/mol. The van der Waals surface area contributed by atoms with E-state index in [1.807, 2.05) is 6.07 Å². The molecule has 4 rings (SSSR count). The molecule has 2 unspecified atom stereocenters. The third kappa shape index (κ3) is 3.91. The van der Waals surface area contributed by atoms with Crippen LogP contribution in [0.25, 0.3) is 0 Å². The molecule has 2 atom stereocenters. The number of hydrogen-bond acceptors (Lipinski definition) is 4. The highest BCUT2D eigenvalue weighted by atomic mass is 16.3. The molecule has 1 aromatic carbocycles. The van der Waals surface area contributed by atoms with Crippen LogP contribution in [-0.4, -0.2) is 76.6 Å². The first-order chi connectivity index (χ1) is 13.1. The second-order valence-corrected chi connectivity index (χ2v) is 8.92. The topological polar surface area (TPSA) is 47.0 Å². The Labute approximate surface area is 162 Å². The van der Waals surface area contributed by atoms with Gasteiger partial charge in [0.05, 0.1) is 12.1 Å². The van der Waals surface area contributed by atoms with E-state index in [1.165, 1.54) is 18.4 Å². The minimum atomic E-state index is -0.236. The molecule has 5 nitrogen and oxygen atoms in total. The predicted octanol–water partition coefficient (Wildman–Crippen LogP) is 1.96. The van der Waals surface area contributed by atoms with Crippen LogP contribution in [0, 0.1) is 5.92 Å². The van der Waals surface area contributed by atoms with E-state index in [9.17, 15) is 9.90 Å². The number of amides is 1. The molecule has 0 radical (unpaired) electrons. The van der Waals surface area contributed by atoms with Crippen LogP contribution in [0.3, 0.4) is 0 Å². The Kier molecular flexibility index (Phi) is 5.53. The number of hydrogen-bond donors (Lipinski definition) is 1. The van der Waals surface area contributed by atoms with Gasteiger partial charge in [0.25, 0.3) is 0 Å². The number of nitrogens with zero attached hydrogens (tertiary/aromatic N) is 3. The van der Waals surface area contributed by atoms with Gasteiger partial charge in [0.2, 0.25) is 5.91 Å². The molecule has 2 saturated heterocycles. The van der Waals surface area contributed by atoms with Gasteiger partial charge in [-0.3, -0.25) is 14.6 Å². The van der Waals surface area contributed by atoms with Crippen molar-refractivity contribution in [1.29, 1.82) is 0 Å². The largest absolute Gasteiger partial charge is 0.394 e. The van der Waals surface area contributed by atoms with Crippen molar-refractivity contribution >= 4 is 5.91 Å². The summed E-state index contributed by atoms with van der Waals surface area (Å²) >= 11 is 0. The van der Waals surface area contributed by atoms with Crippen molar-refractivity contribution in [2.24, 2.45) is 5.92 Å². The maximum absolute atomic E-state index is 12.9. The number of carbonyl (C=O) groups is 1. The molecule has 5 heteroatoms. The average Bonchev–Trinajstić information content (AvgIpc) is 3.22. The van der Waals surface area contributed by atoms with Crippen molar-refractivity contribution in [3.8, 4) is 0 Å². The Hall–Kier alpha value is -1.43. The van der Waals surface area contributed by atoms with Crippen molar-refractivity contribution in [1.82, 2.24) is 14.7 Å². The van der Waals surface area contributed by atoms with Crippen molar-refractivity contribution in [2.75, 3.05) is 39.3 Å². The minimum absolute atomic E-state index is 0.158. The number of aliphatic hydroxyl groups is 1. The molecule has 1 aliphatic carbocycles. The van der Waals surface area contributed by atoms with Crippen molar-refractivity contribution < 1.29 is 9.90 Å². The Bertz CT molecular complexity index is 646. The average molecular weight is 372 g/mol. The number of rotatable bonds is 4. The van der Waals surface area contributed by atoms with Gasteiger partial charge >= 0.3 is 0 Å². The van der Waals surface area contributed by atoms with Crippen LogP contribution in [0.15, 0.2) is 30.3 Å². The first-order valence-corrected chi connectivity index (χ1v) is 10.5. The summed E-state index contributed by atoms with van der Waals surface area (Å²) in [6, 6.07) is 10.9. The van der Waals surface area contributed by atoms with E-state index in [2.05, 4.69) is 45.9 Å². The molecule has 148 valence electrons. The second-order valence-electron chi connectivity index (χ2n) is 8.92. The summed E-state index contributed by atoms with van der Waals surface area (Å²) in [5.74, 6) is 0.628. The predicted molar refractivity (Wildman–Crippen MR) is 106 cm³/mol. The molecule has 1 amide bonds. The Morgan fingerprint density at radius 2 is 1.89 bits per heavy atom. The Morgan fingerprint density at radius 1 is 1.15 bits per heavy atom. The van der Waals surface area contributed by atoms with Crippen LogP contribution in [0.1, 0.15) is 38.2 Å². The number of piperazine rings is 2. The summed E-state index contributed by atoms with van der Waals surface area (Å²) in [5.41, 5.74) is 1.07. The van der Waals surface area contributed by atoms with Gasteiger partial charge in [-0.25, -0.2) is 0 Å². The molecule has 1 aromatic rings. The summed E-state index contributed by atoms with van der Waals surface area (Å²) in [7, 11) is 0. The van der Waals surface area contributed by atoms with Gasteiger partial charge in [-0.1, -0.05) is 43.2 Å². The van der Waals surface area contributed by atoms with E-state index in [0.29, 0.717) is 11.9 Å². The number of aliphatic hydroxyl groups excluding tert-OH is 1. The van der Waals surface area contributed by atoms with Crippen molar-refractivity contribution in [2.45, 2.75) is 50.7 Å². The lowest BCUT2D eigenvalue weighted by molar-refractivity contribution is -0.145. The van der Waals surface area contributed by atoms with E-state index in [4.69, 9.17) is 0 Å². The van der Waals surface area contributed by atoms with Crippen LogP contribution in [-0.2, 0) is 11.3 Å². The fourth-order valence-electron chi connectivity index (χ4n) is 5.39. The SMILES string of the molecule is CC1(CO)CN(Cc2ccccc2)CC2CN(C(=O)C3CCCC3)CCN21. The van der Waals surface area contributed by atoms with Crippen LogP contribution in [0.5, 0.6) is 0 Å². The summed E-state index contributed by atoms with van der Waals surface area (Å²) < 4.78 is 0. The van der Waals surface area contributed by atoms with Crippen LogP contribution in [0.2, 0.25) is 0 Å². The molecule has 2 aliphatic heterocycles. The van der Waals surface area contributed by atoms with Crippen LogP contribution < -0.4 is 0 Å². The minimum Gasteiger partial charge on any atom is -0.394 e. The molecule has 3 fully saturated rings. The van der Waals surface area contributed by atoms with E-state index in [1.54, 1.807) is 0 Å². The first-order valence-electron chi connectivity index (χ1n) is 10.5. The van der Waals surface area contributed by atoms with Crippen LogP contribution >= 0.6 is 0 Å². The zero-order valence-electron chi connectivity index (χ0n) is 16.5. The lowest BCUT2D eigenvalue weighted by atomic mass is 9.91. The van der Waals surface area contributed by atoms with Gasteiger partial charge in [0.1, 0.15) is 0 Å². The second kappa shape index (κ2) is 7.90. The van der Waals surface area contributed by atoms with E-state index >= 15 is 0 Å². The normalized spacial score (nSPS) is 30.4. The smallest absolute Gasteiger partial charge is 0.225 e.